The van der Waals surface area contributed by atoms with E-state index in [9.17, 15) is 33.0 Å². The quantitative estimate of drug-likeness (QED) is 0.204. The summed E-state index contributed by atoms with van der Waals surface area (Å²) >= 11 is 0. The minimum absolute atomic E-state index is 0.0341. The summed E-state index contributed by atoms with van der Waals surface area (Å²) in [5, 5.41) is 30.0. The van der Waals surface area contributed by atoms with Crippen molar-refractivity contribution in [2.45, 2.75) is 11.8 Å². The number of aryl methyl sites for hydroxylation is 1. The van der Waals surface area contributed by atoms with Crippen LogP contribution in [-0.2, 0) is 10.1 Å². The average Bonchev–Trinajstić information content (AvgIpc) is 2.94. The van der Waals surface area contributed by atoms with Crippen molar-refractivity contribution in [1.82, 2.24) is 9.78 Å². The third kappa shape index (κ3) is 3.90. The Morgan fingerprint density at radius 3 is 2.48 bits per heavy atom. The van der Waals surface area contributed by atoms with Gasteiger partial charge in [-0.2, -0.15) is 8.42 Å². The molecule has 12 nitrogen and oxygen atoms in total. The van der Waals surface area contributed by atoms with Crippen LogP contribution in [0, 0.1) is 17.0 Å². The molecule has 0 bridgehead atoms. The van der Waals surface area contributed by atoms with Crippen LogP contribution in [0.15, 0.2) is 57.3 Å². The number of phenols is 1. The van der Waals surface area contributed by atoms with Gasteiger partial charge in [0.1, 0.15) is 10.6 Å². The Morgan fingerprint density at radius 2 is 1.90 bits per heavy atom. The topological polar surface area (TPSA) is 182 Å². The van der Waals surface area contributed by atoms with Crippen molar-refractivity contribution in [2.75, 3.05) is 0 Å². The van der Waals surface area contributed by atoms with E-state index in [1.54, 1.807) is 37.3 Å². The highest BCUT2D eigenvalue weighted by molar-refractivity contribution is 7.86. The number of nitrogens with one attached hydrogen (secondary N) is 2. The number of rotatable bonds is 5. The number of phenolic OH excluding ortho intramolecular Hbond substituents is 1. The first-order valence-electron chi connectivity index (χ1n) is 7.92. The van der Waals surface area contributed by atoms with E-state index in [-0.39, 0.29) is 5.69 Å². The second kappa shape index (κ2) is 7.29. The third-order valence-corrected chi connectivity index (χ3v) is 4.77. The van der Waals surface area contributed by atoms with Gasteiger partial charge in [0, 0.05) is 11.2 Å². The molecule has 0 saturated heterocycles. The molecular formula is C16H14N5O7S+. The molecule has 0 spiro atoms. The number of nitro groups is 1. The molecule has 0 atom stereocenters. The van der Waals surface area contributed by atoms with Crippen LogP contribution >= 0.6 is 0 Å². The van der Waals surface area contributed by atoms with Crippen molar-refractivity contribution >= 4 is 27.2 Å². The molecule has 0 amide bonds. The maximum Gasteiger partial charge on any atom is 0.345 e. The van der Waals surface area contributed by atoms with Crippen LogP contribution in [0.5, 0.6) is 5.75 Å². The van der Waals surface area contributed by atoms with Crippen molar-refractivity contribution in [3.05, 3.63) is 68.6 Å². The molecule has 2 aromatic carbocycles. The maximum absolute atomic E-state index is 12.6. The Kier molecular flexibility index (Phi) is 5.01. The Balaban J connectivity index is 2.12. The number of hydrogen-bond acceptors (Lipinski definition) is 7. The lowest BCUT2D eigenvalue weighted by Gasteiger charge is -2.02. The molecule has 3 aromatic rings. The van der Waals surface area contributed by atoms with E-state index in [4.69, 9.17) is 0 Å². The summed E-state index contributed by atoms with van der Waals surface area (Å²) in [7, 11) is -4.96. The van der Waals surface area contributed by atoms with Gasteiger partial charge in [0.2, 0.25) is 0 Å². The lowest BCUT2D eigenvalue weighted by Crippen LogP contribution is -2.60. The monoisotopic (exact) mass is 420 g/mol. The van der Waals surface area contributed by atoms with Crippen LogP contribution < -0.4 is 10.7 Å². The number of aromatic amines is 1. The smallest absolute Gasteiger partial charge is 0.345 e. The number of azo groups is 1. The summed E-state index contributed by atoms with van der Waals surface area (Å²) in [6.45, 7) is 1.57. The van der Waals surface area contributed by atoms with Crippen molar-refractivity contribution in [1.29, 1.82) is 0 Å². The molecule has 0 aliphatic heterocycles. The zero-order chi connectivity index (χ0) is 21.3. The van der Waals surface area contributed by atoms with Crippen LogP contribution in [0.4, 0.5) is 17.1 Å². The zero-order valence-electron chi connectivity index (χ0n) is 14.7. The number of para-hydroxylation sites is 1. The first-order chi connectivity index (χ1) is 13.6. The lowest BCUT2D eigenvalue weighted by atomic mass is 10.2. The van der Waals surface area contributed by atoms with E-state index in [1.165, 1.54) is 4.68 Å². The molecule has 0 unspecified atom stereocenters. The Bertz CT molecular complexity index is 1290. The fourth-order valence-corrected chi connectivity index (χ4v) is 3.14. The summed E-state index contributed by atoms with van der Waals surface area (Å²) in [6, 6.07) is 9.88. The molecule has 29 heavy (non-hydrogen) atoms. The predicted molar refractivity (Wildman–Crippen MR) is 98.4 cm³/mol. The standard InChI is InChI=1S/C16H13N5O7S/c1-9-14(16(23)20(19-9)10-5-3-2-4-6-10)18-17-12-7-11(21(24)25)8-13(15(12)22)29(26,27)28/h2-8,19,22H,1H3,(H,26,27,28)/p+1. The summed E-state index contributed by atoms with van der Waals surface area (Å²) in [4.78, 5) is 21.6. The average molecular weight is 420 g/mol. The number of hydrogen-bond donors (Lipinski definition) is 4. The van der Waals surface area contributed by atoms with Crippen LogP contribution in [0.25, 0.3) is 5.69 Å². The maximum atomic E-state index is 12.6. The first kappa shape index (κ1) is 19.9. The highest BCUT2D eigenvalue weighted by Gasteiger charge is 2.26. The fraction of sp³-hybridized carbons (Fsp3) is 0.0625. The van der Waals surface area contributed by atoms with Crippen molar-refractivity contribution in [3.63, 3.8) is 0 Å². The largest absolute Gasteiger partial charge is 0.504 e. The van der Waals surface area contributed by atoms with Crippen molar-refractivity contribution in [3.8, 4) is 11.4 Å². The van der Waals surface area contributed by atoms with E-state index in [0.29, 0.717) is 17.4 Å². The van der Waals surface area contributed by atoms with E-state index >= 15 is 0 Å². The second-order valence-corrected chi connectivity index (χ2v) is 7.25. The van der Waals surface area contributed by atoms with Gasteiger partial charge in [-0.3, -0.25) is 24.6 Å². The minimum atomic E-state index is -4.96. The van der Waals surface area contributed by atoms with E-state index < -0.39 is 42.6 Å². The number of non-ortho nitro benzene ring substituents is 1. The van der Waals surface area contributed by atoms with Gasteiger partial charge in [0.15, 0.2) is 11.4 Å². The van der Waals surface area contributed by atoms with Crippen LogP contribution in [0.1, 0.15) is 5.69 Å². The minimum Gasteiger partial charge on any atom is -0.504 e. The summed E-state index contributed by atoms with van der Waals surface area (Å²) in [5.41, 5.74) is -0.949. The van der Waals surface area contributed by atoms with Gasteiger partial charge in [-0.05, 0) is 19.1 Å². The number of aromatic hydroxyl groups is 1. The highest BCUT2D eigenvalue weighted by atomic mass is 32.2. The number of H-pyrrole nitrogens is 1. The molecular weight excluding hydrogens is 406 g/mol. The normalized spacial score (nSPS) is 11.8. The predicted octanol–water partition coefficient (Wildman–Crippen LogP) is 0.831. The van der Waals surface area contributed by atoms with Gasteiger partial charge in [0.05, 0.1) is 16.7 Å². The van der Waals surface area contributed by atoms with Gasteiger partial charge in [-0.25, -0.2) is 4.68 Å². The molecule has 1 aromatic heterocycles. The first-order valence-corrected chi connectivity index (χ1v) is 9.36. The van der Waals surface area contributed by atoms with Gasteiger partial charge < -0.3 is 5.11 Å². The van der Waals surface area contributed by atoms with E-state index in [1.807, 2.05) is 0 Å². The van der Waals surface area contributed by atoms with Crippen molar-refractivity contribution < 1.29 is 28.1 Å². The van der Waals surface area contributed by atoms with E-state index in [2.05, 4.69) is 15.3 Å². The molecule has 4 N–H and O–H groups in total. The molecule has 3 rings (SSSR count). The summed E-state index contributed by atoms with van der Waals surface area (Å²) in [6.07, 6.45) is 0. The molecule has 0 fully saturated rings. The van der Waals surface area contributed by atoms with Crippen LogP contribution in [0.2, 0.25) is 0 Å². The summed E-state index contributed by atoms with van der Waals surface area (Å²) < 4.78 is 33.2. The molecule has 13 heteroatoms. The molecule has 0 radical (unpaired) electrons. The van der Waals surface area contributed by atoms with Gasteiger partial charge in [-0.15, -0.1) is 0 Å². The number of nitrogens with zero attached hydrogens (tertiary/aromatic N) is 3. The SMILES string of the molecule is Cc1[nH]n(-c2ccccc2)c(=O)c1[NH+]=Nc1cc([N+](=O)[O-])cc(S(=O)(=O)O)c1O. The van der Waals surface area contributed by atoms with Gasteiger partial charge in [-0.1, -0.05) is 23.3 Å². The number of nitro benzene ring substituents is 1. The van der Waals surface area contributed by atoms with Crippen molar-refractivity contribution in [2.24, 2.45) is 5.11 Å². The second-order valence-electron chi connectivity index (χ2n) is 5.86. The van der Waals surface area contributed by atoms with Gasteiger partial charge in [0.25, 0.3) is 15.8 Å². The Labute approximate surface area is 162 Å². The molecule has 1 heterocycles. The number of aromatic nitrogens is 2. The zero-order valence-corrected chi connectivity index (χ0v) is 15.5. The summed E-state index contributed by atoms with van der Waals surface area (Å²) in [5.74, 6) is -1.01. The van der Waals surface area contributed by atoms with Gasteiger partial charge >= 0.3 is 11.2 Å². The van der Waals surface area contributed by atoms with Crippen LogP contribution in [-0.4, -0.2) is 32.8 Å². The molecule has 0 aliphatic carbocycles. The highest BCUT2D eigenvalue weighted by Crippen LogP contribution is 2.36. The molecule has 0 saturated carbocycles. The molecule has 0 aliphatic rings. The fourth-order valence-electron chi connectivity index (χ4n) is 2.52. The third-order valence-electron chi connectivity index (χ3n) is 3.90. The molecule has 150 valence electrons. The lowest BCUT2D eigenvalue weighted by molar-refractivity contribution is -0.435. The van der Waals surface area contributed by atoms with Crippen LogP contribution in [0.3, 0.4) is 0 Å². The Hall–Kier alpha value is -3.84. The van der Waals surface area contributed by atoms with E-state index in [0.717, 1.165) is 6.07 Å². The number of benzene rings is 2. The Morgan fingerprint density at radius 1 is 1.24 bits per heavy atom.